The summed E-state index contributed by atoms with van der Waals surface area (Å²) >= 11 is 0. The highest BCUT2D eigenvalue weighted by molar-refractivity contribution is 5.22. The first-order valence-corrected chi connectivity index (χ1v) is 6.31. The van der Waals surface area contributed by atoms with E-state index in [0.29, 0.717) is 6.10 Å². The van der Waals surface area contributed by atoms with Gasteiger partial charge in [0, 0.05) is 0 Å². The van der Waals surface area contributed by atoms with E-state index in [-0.39, 0.29) is 0 Å². The van der Waals surface area contributed by atoms with E-state index in [1.807, 2.05) is 0 Å². The molecule has 0 heterocycles. The van der Waals surface area contributed by atoms with Crippen molar-refractivity contribution in [3.05, 3.63) is 23.3 Å². The fraction of sp³-hybridized carbons (Fsp3) is 0.714. The highest BCUT2D eigenvalue weighted by Crippen LogP contribution is 2.23. The fourth-order valence-electron chi connectivity index (χ4n) is 2.36. The zero-order valence-corrected chi connectivity index (χ0v) is 9.80. The maximum atomic E-state index is 5.96. The summed E-state index contributed by atoms with van der Waals surface area (Å²) < 4.78 is 5.96. The third-order valence-electron chi connectivity index (χ3n) is 3.50. The van der Waals surface area contributed by atoms with Crippen LogP contribution in [0.4, 0.5) is 0 Å². The lowest BCUT2D eigenvalue weighted by Gasteiger charge is -2.23. The molecule has 2 rings (SSSR count). The van der Waals surface area contributed by atoms with Gasteiger partial charge in [0.1, 0.15) is 0 Å². The van der Waals surface area contributed by atoms with E-state index in [0.717, 1.165) is 6.61 Å². The predicted octanol–water partition coefficient (Wildman–Crippen LogP) is 4.00. The minimum atomic E-state index is 0.548. The summed E-state index contributed by atoms with van der Waals surface area (Å²) in [7, 11) is 0. The maximum Gasteiger partial charge on any atom is 0.0683 e. The van der Waals surface area contributed by atoms with Crippen LogP contribution in [0, 0.1) is 0 Å². The average Bonchev–Trinajstić information content (AvgIpc) is 2.30. The van der Waals surface area contributed by atoms with E-state index in [9.17, 15) is 0 Å². The molecule has 0 atom stereocenters. The first kappa shape index (κ1) is 10.9. The molecule has 0 spiro atoms. The van der Waals surface area contributed by atoms with Crippen LogP contribution in [0.15, 0.2) is 23.3 Å². The highest BCUT2D eigenvalue weighted by Gasteiger charge is 2.14. The van der Waals surface area contributed by atoms with Gasteiger partial charge in [-0.2, -0.15) is 0 Å². The van der Waals surface area contributed by atoms with Gasteiger partial charge in [-0.15, -0.1) is 0 Å². The molecule has 0 saturated heterocycles. The molecule has 0 radical (unpaired) electrons. The largest absolute Gasteiger partial charge is 0.374 e. The topological polar surface area (TPSA) is 9.23 Å². The van der Waals surface area contributed by atoms with Crippen molar-refractivity contribution in [2.45, 2.75) is 58.0 Å². The molecular weight excluding hydrogens is 184 g/mol. The fourth-order valence-corrected chi connectivity index (χ4v) is 2.36. The summed E-state index contributed by atoms with van der Waals surface area (Å²) in [6, 6.07) is 0. The van der Waals surface area contributed by atoms with Crippen LogP contribution < -0.4 is 0 Å². The molecule has 2 aliphatic rings. The van der Waals surface area contributed by atoms with Crippen molar-refractivity contribution < 1.29 is 4.74 Å². The monoisotopic (exact) mass is 206 g/mol. The summed E-state index contributed by atoms with van der Waals surface area (Å²) in [5, 5.41) is 0. The molecule has 0 aromatic heterocycles. The lowest BCUT2D eigenvalue weighted by molar-refractivity contribution is 0.0415. The van der Waals surface area contributed by atoms with E-state index in [2.05, 4.69) is 19.1 Å². The van der Waals surface area contributed by atoms with Gasteiger partial charge in [0.2, 0.25) is 0 Å². The molecule has 0 aliphatic heterocycles. The molecule has 0 unspecified atom stereocenters. The van der Waals surface area contributed by atoms with E-state index < -0.39 is 0 Å². The molecule has 15 heavy (non-hydrogen) atoms. The van der Waals surface area contributed by atoms with Gasteiger partial charge >= 0.3 is 0 Å². The normalized spacial score (nSPS) is 23.5. The molecule has 1 heteroatoms. The summed E-state index contributed by atoms with van der Waals surface area (Å²) in [5.74, 6) is 0. The van der Waals surface area contributed by atoms with Gasteiger partial charge in [0.15, 0.2) is 0 Å². The van der Waals surface area contributed by atoms with Crippen molar-refractivity contribution in [1.29, 1.82) is 0 Å². The Morgan fingerprint density at radius 1 is 1.13 bits per heavy atom. The number of ether oxygens (including phenoxy) is 1. The number of hydrogen-bond donors (Lipinski definition) is 0. The Balaban J connectivity index is 1.73. The Morgan fingerprint density at radius 2 is 1.93 bits per heavy atom. The highest BCUT2D eigenvalue weighted by atomic mass is 16.5. The molecule has 1 nitrogen and oxygen atoms in total. The quantitative estimate of drug-likeness (QED) is 0.678. The van der Waals surface area contributed by atoms with Gasteiger partial charge in [-0.3, -0.25) is 0 Å². The van der Waals surface area contributed by atoms with Gasteiger partial charge in [-0.05, 0) is 38.2 Å². The minimum Gasteiger partial charge on any atom is -0.374 e. The number of hydrogen-bond acceptors (Lipinski definition) is 1. The third kappa shape index (κ3) is 3.49. The van der Waals surface area contributed by atoms with Crippen LogP contribution in [0.3, 0.4) is 0 Å². The molecule has 0 aromatic carbocycles. The molecule has 84 valence electrons. The van der Waals surface area contributed by atoms with Crippen LogP contribution in [0.1, 0.15) is 51.9 Å². The van der Waals surface area contributed by atoms with E-state index in [4.69, 9.17) is 4.74 Å². The van der Waals surface area contributed by atoms with Crippen molar-refractivity contribution in [2.75, 3.05) is 6.61 Å². The Morgan fingerprint density at radius 3 is 2.60 bits per heavy atom. The summed E-state index contributed by atoms with van der Waals surface area (Å²) in [4.78, 5) is 0. The second kappa shape index (κ2) is 5.50. The zero-order chi connectivity index (χ0) is 10.5. The van der Waals surface area contributed by atoms with Gasteiger partial charge < -0.3 is 4.74 Å². The zero-order valence-electron chi connectivity index (χ0n) is 9.80. The van der Waals surface area contributed by atoms with Crippen molar-refractivity contribution >= 4 is 0 Å². The molecule has 0 aromatic rings. The maximum absolute atomic E-state index is 5.96. The first-order chi connectivity index (χ1) is 7.34. The van der Waals surface area contributed by atoms with E-state index in [1.165, 1.54) is 56.1 Å². The Bertz CT molecular complexity index is 257. The summed E-state index contributed by atoms with van der Waals surface area (Å²) in [6.07, 6.45) is 14.2. The lowest BCUT2D eigenvalue weighted by atomic mass is 9.97. The van der Waals surface area contributed by atoms with Crippen molar-refractivity contribution in [2.24, 2.45) is 0 Å². The van der Waals surface area contributed by atoms with Gasteiger partial charge in [-0.25, -0.2) is 0 Å². The molecule has 0 bridgehead atoms. The van der Waals surface area contributed by atoms with Crippen LogP contribution in [0.2, 0.25) is 0 Å². The van der Waals surface area contributed by atoms with Crippen molar-refractivity contribution in [3.8, 4) is 0 Å². The van der Waals surface area contributed by atoms with Crippen LogP contribution in [0.25, 0.3) is 0 Å². The average molecular weight is 206 g/mol. The summed E-state index contributed by atoms with van der Waals surface area (Å²) in [5.41, 5.74) is 2.97. The van der Waals surface area contributed by atoms with Crippen molar-refractivity contribution in [3.63, 3.8) is 0 Å². The SMILES string of the molecule is CC1=CC=C(COC2CCCCC2)CC1. The van der Waals surface area contributed by atoms with E-state index >= 15 is 0 Å². The molecule has 0 amide bonds. The van der Waals surface area contributed by atoms with E-state index in [1.54, 1.807) is 0 Å². The van der Waals surface area contributed by atoms with Crippen LogP contribution in [-0.4, -0.2) is 12.7 Å². The third-order valence-corrected chi connectivity index (χ3v) is 3.50. The number of allylic oxidation sites excluding steroid dienone is 3. The second-order valence-electron chi connectivity index (χ2n) is 4.91. The molecule has 2 aliphatic carbocycles. The molecule has 1 fully saturated rings. The van der Waals surface area contributed by atoms with Gasteiger partial charge in [0.05, 0.1) is 12.7 Å². The van der Waals surface area contributed by atoms with Crippen LogP contribution >= 0.6 is 0 Å². The predicted molar refractivity (Wildman–Crippen MR) is 63.9 cm³/mol. The minimum absolute atomic E-state index is 0.548. The number of rotatable bonds is 3. The van der Waals surface area contributed by atoms with Gasteiger partial charge in [0.25, 0.3) is 0 Å². The summed E-state index contributed by atoms with van der Waals surface area (Å²) in [6.45, 7) is 3.07. The first-order valence-electron chi connectivity index (χ1n) is 6.31. The molecular formula is C14H22O. The lowest BCUT2D eigenvalue weighted by Crippen LogP contribution is -2.18. The molecule has 1 saturated carbocycles. The Kier molecular flexibility index (Phi) is 4.01. The van der Waals surface area contributed by atoms with Crippen molar-refractivity contribution in [1.82, 2.24) is 0 Å². The molecule has 0 N–H and O–H groups in total. The Labute approximate surface area is 93.2 Å². The standard InChI is InChI=1S/C14H22O/c1-12-7-9-13(10-8-12)11-15-14-5-3-2-4-6-14/h7,9,14H,2-6,8,10-11H2,1H3. The smallest absolute Gasteiger partial charge is 0.0683 e. The van der Waals surface area contributed by atoms with Crippen LogP contribution in [0.5, 0.6) is 0 Å². The second-order valence-corrected chi connectivity index (χ2v) is 4.91. The van der Waals surface area contributed by atoms with Crippen LogP contribution in [-0.2, 0) is 4.74 Å². The van der Waals surface area contributed by atoms with Gasteiger partial charge in [-0.1, -0.05) is 37.0 Å². The Hall–Kier alpha value is -0.560.